The molecular formula is C22H20N4O2. The van der Waals surface area contributed by atoms with E-state index in [4.69, 9.17) is 0 Å². The minimum atomic E-state index is -0.289. The Bertz CT molecular complexity index is 1020. The van der Waals surface area contributed by atoms with Crippen molar-refractivity contribution in [2.75, 3.05) is 4.90 Å². The second-order valence-corrected chi connectivity index (χ2v) is 6.82. The summed E-state index contributed by atoms with van der Waals surface area (Å²) in [6.45, 7) is 2.34. The molecule has 0 radical (unpaired) electrons. The molecule has 0 saturated carbocycles. The third-order valence-electron chi connectivity index (χ3n) is 4.83. The zero-order valence-electron chi connectivity index (χ0n) is 15.5. The van der Waals surface area contributed by atoms with E-state index < -0.39 is 0 Å². The molecule has 0 aliphatic carbocycles. The summed E-state index contributed by atoms with van der Waals surface area (Å²) in [7, 11) is 0. The van der Waals surface area contributed by atoms with Gasteiger partial charge < -0.3 is 10.2 Å². The summed E-state index contributed by atoms with van der Waals surface area (Å²) in [5, 5.41) is 2.81. The lowest BCUT2D eigenvalue weighted by Gasteiger charge is -2.22. The minimum Gasteiger partial charge on any atom is -0.346 e. The highest BCUT2D eigenvalue weighted by molar-refractivity contribution is 6.08. The fourth-order valence-electron chi connectivity index (χ4n) is 3.47. The molecule has 6 heteroatoms. The maximum Gasteiger partial charge on any atom is 0.260 e. The average molecular weight is 372 g/mol. The standard InChI is InChI=1S/C22H20N4O2/c1-15-10-16-6-2-3-8-20(16)26(15)22(28)18-11-17(12-23-13-18)21(27)25-14-19-7-4-5-9-24-19/h2-9,11-13,15H,10,14H2,1H3,(H,25,27). The van der Waals surface area contributed by atoms with Crippen molar-refractivity contribution in [3.8, 4) is 0 Å². The van der Waals surface area contributed by atoms with Gasteiger partial charge in [-0.05, 0) is 43.2 Å². The van der Waals surface area contributed by atoms with Crippen LogP contribution in [0.1, 0.15) is 38.9 Å². The fourth-order valence-corrected chi connectivity index (χ4v) is 3.47. The van der Waals surface area contributed by atoms with Gasteiger partial charge in [0.1, 0.15) is 0 Å². The molecule has 1 aliphatic rings. The van der Waals surface area contributed by atoms with Crippen molar-refractivity contribution in [2.24, 2.45) is 0 Å². The van der Waals surface area contributed by atoms with Crippen molar-refractivity contribution in [3.63, 3.8) is 0 Å². The third-order valence-corrected chi connectivity index (χ3v) is 4.83. The molecule has 6 nitrogen and oxygen atoms in total. The molecule has 3 heterocycles. The number of pyridine rings is 2. The van der Waals surface area contributed by atoms with E-state index in [1.165, 1.54) is 12.4 Å². The Hall–Kier alpha value is -3.54. The first kappa shape index (κ1) is 17.9. The van der Waals surface area contributed by atoms with Crippen LogP contribution in [-0.4, -0.2) is 27.8 Å². The Kier molecular flexibility index (Phi) is 4.85. The number of carbonyl (C=O) groups excluding carboxylic acids is 2. The number of aromatic nitrogens is 2. The van der Waals surface area contributed by atoms with Crippen molar-refractivity contribution in [2.45, 2.75) is 25.9 Å². The molecule has 1 unspecified atom stereocenters. The summed E-state index contributed by atoms with van der Waals surface area (Å²) in [6, 6.07) is 15.1. The van der Waals surface area contributed by atoms with Crippen LogP contribution in [0.15, 0.2) is 67.1 Å². The quantitative estimate of drug-likeness (QED) is 0.764. The maximum atomic E-state index is 13.1. The molecule has 1 aliphatic heterocycles. The molecule has 0 saturated heterocycles. The number of nitrogens with one attached hydrogen (secondary N) is 1. The van der Waals surface area contributed by atoms with Crippen LogP contribution < -0.4 is 10.2 Å². The monoisotopic (exact) mass is 372 g/mol. The molecule has 0 spiro atoms. The van der Waals surface area contributed by atoms with Crippen LogP contribution in [0.5, 0.6) is 0 Å². The van der Waals surface area contributed by atoms with Gasteiger partial charge in [-0.25, -0.2) is 0 Å². The summed E-state index contributed by atoms with van der Waals surface area (Å²) < 4.78 is 0. The molecule has 4 rings (SSSR count). The molecule has 28 heavy (non-hydrogen) atoms. The van der Waals surface area contributed by atoms with Crippen LogP contribution in [0.25, 0.3) is 0 Å². The van der Waals surface area contributed by atoms with Gasteiger partial charge in [0, 0.05) is 30.3 Å². The van der Waals surface area contributed by atoms with Gasteiger partial charge >= 0.3 is 0 Å². The number of nitrogens with zero attached hydrogens (tertiary/aromatic N) is 3. The van der Waals surface area contributed by atoms with Crippen LogP contribution in [0.4, 0.5) is 5.69 Å². The number of amides is 2. The highest BCUT2D eigenvalue weighted by Gasteiger charge is 2.31. The van der Waals surface area contributed by atoms with E-state index in [9.17, 15) is 9.59 Å². The zero-order chi connectivity index (χ0) is 19.5. The lowest BCUT2D eigenvalue weighted by Crippen LogP contribution is -2.36. The van der Waals surface area contributed by atoms with Gasteiger partial charge in [0.15, 0.2) is 0 Å². The van der Waals surface area contributed by atoms with E-state index in [1.54, 1.807) is 17.2 Å². The van der Waals surface area contributed by atoms with Gasteiger partial charge in [0.05, 0.1) is 23.4 Å². The first-order valence-corrected chi connectivity index (χ1v) is 9.18. The van der Waals surface area contributed by atoms with Gasteiger partial charge in [0.2, 0.25) is 0 Å². The SMILES string of the molecule is CC1Cc2ccccc2N1C(=O)c1cncc(C(=O)NCc2ccccn2)c1. The Morgan fingerprint density at radius 3 is 2.71 bits per heavy atom. The zero-order valence-corrected chi connectivity index (χ0v) is 15.5. The normalized spacial score (nSPS) is 15.2. The number of hydrogen-bond acceptors (Lipinski definition) is 4. The Morgan fingerprint density at radius 1 is 1.11 bits per heavy atom. The van der Waals surface area contributed by atoms with Crippen molar-refractivity contribution in [1.82, 2.24) is 15.3 Å². The number of anilines is 1. The van der Waals surface area contributed by atoms with Crippen LogP contribution >= 0.6 is 0 Å². The Balaban J connectivity index is 1.52. The summed E-state index contributed by atoms with van der Waals surface area (Å²) in [4.78, 5) is 35.7. The molecule has 0 fully saturated rings. The van der Waals surface area contributed by atoms with Gasteiger partial charge in [-0.1, -0.05) is 24.3 Å². The summed E-state index contributed by atoms with van der Waals surface area (Å²) in [5.41, 5.74) is 3.58. The van der Waals surface area contributed by atoms with E-state index >= 15 is 0 Å². The molecule has 140 valence electrons. The fraction of sp³-hybridized carbons (Fsp3) is 0.182. The van der Waals surface area contributed by atoms with Crippen molar-refractivity contribution >= 4 is 17.5 Å². The largest absolute Gasteiger partial charge is 0.346 e. The number of rotatable bonds is 4. The Morgan fingerprint density at radius 2 is 1.89 bits per heavy atom. The highest BCUT2D eigenvalue weighted by atomic mass is 16.2. The first-order chi connectivity index (χ1) is 13.6. The number of para-hydroxylation sites is 1. The van der Waals surface area contributed by atoms with Crippen LogP contribution in [0.3, 0.4) is 0 Å². The topological polar surface area (TPSA) is 75.2 Å². The van der Waals surface area contributed by atoms with E-state index in [-0.39, 0.29) is 17.9 Å². The predicted octanol–water partition coefficient (Wildman–Crippen LogP) is 3.00. The number of fused-ring (bicyclic) bond motifs is 1. The average Bonchev–Trinajstić information content (AvgIpc) is 3.08. The Labute approximate surface area is 163 Å². The first-order valence-electron chi connectivity index (χ1n) is 9.18. The molecule has 0 bridgehead atoms. The molecular weight excluding hydrogens is 352 g/mol. The lowest BCUT2D eigenvalue weighted by atomic mass is 10.1. The second kappa shape index (κ2) is 7.60. The van der Waals surface area contributed by atoms with E-state index in [1.807, 2.05) is 49.4 Å². The van der Waals surface area contributed by atoms with Gasteiger partial charge in [-0.3, -0.25) is 19.6 Å². The summed E-state index contributed by atoms with van der Waals surface area (Å²) >= 11 is 0. The molecule has 3 aromatic rings. The molecule has 2 amide bonds. The minimum absolute atomic E-state index is 0.0616. The maximum absolute atomic E-state index is 13.1. The van der Waals surface area contributed by atoms with E-state index in [0.29, 0.717) is 17.7 Å². The molecule has 1 atom stereocenters. The van der Waals surface area contributed by atoms with Crippen LogP contribution in [0.2, 0.25) is 0 Å². The smallest absolute Gasteiger partial charge is 0.260 e. The lowest BCUT2D eigenvalue weighted by molar-refractivity contribution is 0.0950. The summed E-state index contributed by atoms with van der Waals surface area (Å²) in [6.07, 6.45) is 5.47. The molecule has 1 N–H and O–H groups in total. The van der Waals surface area contributed by atoms with Crippen molar-refractivity contribution in [3.05, 3.63) is 89.5 Å². The second-order valence-electron chi connectivity index (χ2n) is 6.82. The van der Waals surface area contributed by atoms with Crippen LogP contribution in [-0.2, 0) is 13.0 Å². The predicted molar refractivity (Wildman–Crippen MR) is 106 cm³/mol. The highest BCUT2D eigenvalue weighted by Crippen LogP contribution is 2.33. The third kappa shape index (κ3) is 3.49. The van der Waals surface area contributed by atoms with Crippen molar-refractivity contribution < 1.29 is 9.59 Å². The molecule has 1 aromatic carbocycles. The van der Waals surface area contributed by atoms with Gasteiger partial charge in [-0.2, -0.15) is 0 Å². The number of benzene rings is 1. The van der Waals surface area contributed by atoms with Gasteiger partial charge in [0.25, 0.3) is 11.8 Å². The van der Waals surface area contributed by atoms with E-state index in [2.05, 4.69) is 15.3 Å². The van der Waals surface area contributed by atoms with Crippen LogP contribution in [0, 0.1) is 0 Å². The number of hydrogen-bond donors (Lipinski definition) is 1. The number of carbonyl (C=O) groups is 2. The molecule has 2 aromatic heterocycles. The van der Waals surface area contributed by atoms with Gasteiger partial charge in [-0.15, -0.1) is 0 Å². The van der Waals surface area contributed by atoms with Crippen molar-refractivity contribution in [1.29, 1.82) is 0 Å². The van der Waals surface area contributed by atoms with E-state index in [0.717, 1.165) is 23.4 Å². The summed E-state index contributed by atoms with van der Waals surface area (Å²) in [5.74, 6) is -0.438.